The van der Waals surface area contributed by atoms with Crippen LogP contribution in [0.3, 0.4) is 0 Å². The molecule has 6 heteroatoms. The molecule has 0 saturated carbocycles. The summed E-state index contributed by atoms with van der Waals surface area (Å²) < 4.78 is 5.17. The molecule has 0 rings (SSSR count). The first-order valence-corrected chi connectivity index (χ1v) is 6.14. The van der Waals surface area contributed by atoms with Crippen LogP contribution in [-0.2, 0) is 14.4 Å². The first-order valence-electron chi connectivity index (χ1n) is 6.14. The van der Waals surface area contributed by atoms with Crippen LogP contribution in [0.4, 0.5) is 4.79 Å². The fraction of sp³-hybridized carbons (Fsp3) is 0.769. The lowest BCUT2D eigenvalue weighted by atomic mass is 10.0. The number of rotatable bonds is 5. The van der Waals surface area contributed by atoms with E-state index in [1.54, 1.807) is 33.8 Å². The van der Waals surface area contributed by atoms with Crippen molar-refractivity contribution in [2.45, 2.75) is 46.3 Å². The van der Waals surface area contributed by atoms with Crippen LogP contribution in [0.2, 0.25) is 0 Å². The molecule has 0 aliphatic rings. The van der Waals surface area contributed by atoms with Crippen LogP contribution in [0.25, 0.3) is 0 Å². The van der Waals surface area contributed by atoms with E-state index in [1.807, 2.05) is 13.8 Å². The number of nitrogens with zero attached hydrogens (tertiary/aromatic N) is 1. The van der Waals surface area contributed by atoms with Crippen LogP contribution in [0, 0.1) is 5.92 Å². The maximum atomic E-state index is 11.8. The molecule has 0 aromatic carbocycles. The number of amides is 1. The summed E-state index contributed by atoms with van der Waals surface area (Å²) in [5.74, 6) is 1.79. The first-order chi connectivity index (χ1) is 8.62. The molecule has 0 fully saturated rings. The molecule has 0 bridgehead atoms. The van der Waals surface area contributed by atoms with Gasteiger partial charge in [-0.2, -0.15) is 0 Å². The molecule has 110 valence electrons. The average Bonchev–Trinajstić information content (AvgIpc) is 2.25. The van der Waals surface area contributed by atoms with Crippen LogP contribution >= 0.6 is 0 Å². The third kappa shape index (κ3) is 6.27. The van der Waals surface area contributed by atoms with Gasteiger partial charge in [0.25, 0.3) is 0 Å². The lowest BCUT2D eigenvalue weighted by Gasteiger charge is -2.29. The number of carbonyl (C=O) groups excluding carboxylic acids is 2. The minimum absolute atomic E-state index is 0.0124. The summed E-state index contributed by atoms with van der Waals surface area (Å²) in [4.78, 5) is 27.8. The van der Waals surface area contributed by atoms with Gasteiger partial charge in [0.1, 0.15) is 17.2 Å². The van der Waals surface area contributed by atoms with Crippen molar-refractivity contribution in [1.29, 1.82) is 0 Å². The third-order valence-corrected chi connectivity index (χ3v) is 2.35. The van der Waals surface area contributed by atoms with Crippen molar-refractivity contribution in [3.8, 4) is 0 Å². The van der Waals surface area contributed by atoms with Crippen molar-refractivity contribution in [1.82, 2.24) is 10.4 Å². The van der Waals surface area contributed by atoms with Gasteiger partial charge in [-0.15, -0.1) is 0 Å². The molecule has 6 nitrogen and oxygen atoms in total. The second-order valence-corrected chi connectivity index (χ2v) is 5.54. The van der Waals surface area contributed by atoms with Gasteiger partial charge in [-0.05, 0) is 26.7 Å². The third-order valence-electron chi connectivity index (χ3n) is 2.35. The summed E-state index contributed by atoms with van der Waals surface area (Å²) in [5.41, 5.74) is -0.382. The normalized spacial score (nSPS) is 12.6. The maximum Gasteiger partial charge on any atom is 0.408 e. The fourth-order valence-corrected chi connectivity index (χ4v) is 1.41. The minimum atomic E-state index is -0.593. The van der Waals surface area contributed by atoms with E-state index in [-0.39, 0.29) is 11.6 Å². The Morgan fingerprint density at radius 2 is 1.84 bits per heavy atom. The molecule has 1 atom stereocenters. The average molecular weight is 272 g/mol. The van der Waals surface area contributed by atoms with Gasteiger partial charge in [-0.3, -0.25) is 4.84 Å². The van der Waals surface area contributed by atoms with Gasteiger partial charge in [0, 0.05) is 7.05 Å². The number of alkyl carbamates (subject to hydrolysis) is 1. The molecule has 0 heterocycles. The molecular formula is C13H24N2O4. The number of hydrogen-bond donors (Lipinski definition) is 1. The summed E-state index contributed by atoms with van der Waals surface area (Å²) in [7, 11) is 3.01. The monoisotopic (exact) mass is 272 g/mol. The molecule has 0 aliphatic heterocycles. The zero-order chi connectivity index (χ0) is 15.2. The Kier molecular flexibility index (Phi) is 6.59. The van der Waals surface area contributed by atoms with E-state index in [0.29, 0.717) is 0 Å². The number of nitrogens with one attached hydrogen (secondary N) is 1. The van der Waals surface area contributed by atoms with Crippen molar-refractivity contribution < 1.29 is 19.2 Å². The van der Waals surface area contributed by atoms with E-state index in [9.17, 15) is 9.59 Å². The zero-order valence-electron chi connectivity index (χ0n) is 12.7. The van der Waals surface area contributed by atoms with Crippen LogP contribution in [0.5, 0.6) is 0 Å². The van der Waals surface area contributed by atoms with Crippen molar-refractivity contribution >= 4 is 12.0 Å². The summed E-state index contributed by atoms with van der Waals surface area (Å²) in [5, 5.41) is 3.93. The summed E-state index contributed by atoms with van der Waals surface area (Å²) in [6.07, 6.45) is -0.580. The van der Waals surface area contributed by atoms with E-state index in [4.69, 9.17) is 9.57 Å². The number of carbonyl (C=O) groups is 1. The lowest BCUT2D eigenvalue weighted by Crippen LogP contribution is -2.46. The molecule has 1 N–H and O–H groups in total. The minimum Gasteiger partial charge on any atom is -0.444 e. The second-order valence-electron chi connectivity index (χ2n) is 5.54. The largest absolute Gasteiger partial charge is 0.444 e. The van der Waals surface area contributed by atoms with E-state index in [1.165, 1.54) is 12.2 Å². The van der Waals surface area contributed by atoms with Crippen molar-refractivity contribution in [2.75, 3.05) is 14.2 Å². The Hall–Kier alpha value is -1.52. The topological polar surface area (TPSA) is 67.9 Å². The number of hydrogen-bond acceptors (Lipinski definition) is 5. The maximum absolute atomic E-state index is 11.8. The standard InChI is InChI=1S/C13H24N2O4/c1-9(2)11(10(8-16)15(6)18-7)14-12(17)19-13(3,4)5/h9,11H,1-7H3,(H,14,17)/t11-/m0/s1. The molecule has 1 amide bonds. The predicted molar refractivity (Wildman–Crippen MR) is 72.0 cm³/mol. The van der Waals surface area contributed by atoms with E-state index >= 15 is 0 Å². The molecule has 0 unspecified atom stereocenters. The van der Waals surface area contributed by atoms with E-state index in [0.717, 1.165) is 0 Å². The van der Waals surface area contributed by atoms with Crippen molar-refractivity contribution in [3.63, 3.8) is 0 Å². The molecule has 0 aromatic rings. The summed E-state index contributed by atoms with van der Waals surface area (Å²) in [6.45, 7) is 9.07. The molecule has 0 saturated heterocycles. The van der Waals surface area contributed by atoms with Crippen molar-refractivity contribution in [3.05, 3.63) is 5.70 Å². The van der Waals surface area contributed by atoms with Gasteiger partial charge in [0.2, 0.25) is 0 Å². The predicted octanol–water partition coefficient (Wildman–Crippen LogP) is 1.74. The Bertz CT molecular complexity index is 354. The highest BCUT2D eigenvalue weighted by Crippen LogP contribution is 2.15. The Morgan fingerprint density at radius 1 is 1.32 bits per heavy atom. The Labute approximate surface area is 114 Å². The van der Waals surface area contributed by atoms with Crippen LogP contribution < -0.4 is 5.32 Å². The Morgan fingerprint density at radius 3 is 2.16 bits per heavy atom. The molecule has 0 spiro atoms. The quantitative estimate of drug-likeness (QED) is 0.610. The van der Waals surface area contributed by atoms with Gasteiger partial charge in [-0.25, -0.2) is 14.7 Å². The van der Waals surface area contributed by atoms with Crippen LogP contribution in [-0.4, -0.2) is 42.9 Å². The number of hydroxylamine groups is 2. The number of likely N-dealkylation sites (N-methyl/N-ethyl adjacent to an activating group) is 1. The lowest BCUT2D eigenvalue weighted by molar-refractivity contribution is -0.0831. The fourth-order valence-electron chi connectivity index (χ4n) is 1.41. The van der Waals surface area contributed by atoms with Gasteiger partial charge >= 0.3 is 6.09 Å². The Balaban J connectivity index is 4.94. The van der Waals surface area contributed by atoms with E-state index in [2.05, 4.69) is 5.32 Å². The first kappa shape index (κ1) is 17.5. The van der Waals surface area contributed by atoms with Crippen LogP contribution in [0.1, 0.15) is 34.6 Å². The van der Waals surface area contributed by atoms with Gasteiger partial charge in [0.15, 0.2) is 0 Å². The smallest absolute Gasteiger partial charge is 0.408 e. The summed E-state index contributed by atoms with van der Waals surface area (Å²) >= 11 is 0. The highest BCUT2D eigenvalue weighted by Gasteiger charge is 2.27. The van der Waals surface area contributed by atoms with Gasteiger partial charge in [0.05, 0.1) is 13.2 Å². The molecular weight excluding hydrogens is 248 g/mol. The molecule has 0 aromatic heterocycles. The van der Waals surface area contributed by atoms with Gasteiger partial charge < -0.3 is 10.1 Å². The van der Waals surface area contributed by atoms with Crippen molar-refractivity contribution in [2.24, 2.45) is 5.92 Å². The highest BCUT2D eigenvalue weighted by molar-refractivity contribution is 5.69. The molecule has 19 heavy (non-hydrogen) atoms. The molecule has 0 radical (unpaired) electrons. The zero-order valence-corrected chi connectivity index (χ0v) is 12.7. The van der Waals surface area contributed by atoms with E-state index < -0.39 is 17.7 Å². The highest BCUT2D eigenvalue weighted by atomic mass is 16.7. The SMILES string of the molecule is CON(C)C(=C=O)[C@@H](NC(=O)OC(C)(C)C)C(C)C. The summed E-state index contributed by atoms with van der Waals surface area (Å²) in [6, 6.07) is -0.530. The van der Waals surface area contributed by atoms with Crippen LogP contribution in [0.15, 0.2) is 5.70 Å². The second kappa shape index (κ2) is 7.16. The number of ether oxygens (including phenoxy) is 1. The molecule has 0 aliphatic carbocycles. The van der Waals surface area contributed by atoms with Gasteiger partial charge in [-0.1, -0.05) is 13.8 Å².